The second-order valence-corrected chi connectivity index (χ2v) is 5.81. The van der Waals surface area contributed by atoms with Crippen LogP contribution in [0.5, 0.6) is 0 Å². The molecule has 19 heavy (non-hydrogen) atoms. The van der Waals surface area contributed by atoms with Crippen molar-refractivity contribution in [2.75, 3.05) is 13.7 Å². The van der Waals surface area contributed by atoms with Crippen molar-refractivity contribution in [3.63, 3.8) is 0 Å². The Hall–Kier alpha value is -1.10. The van der Waals surface area contributed by atoms with Crippen LogP contribution in [0, 0.1) is 0 Å². The van der Waals surface area contributed by atoms with Gasteiger partial charge < -0.3 is 15.0 Å². The number of ether oxygens (including phenoxy) is 1. The van der Waals surface area contributed by atoms with E-state index < -0.39 is 5.54 Å². The summed E-state index contributed by atoms with van der Waals surface area (Å²) in [6, 6.07) is 0.219. The van der Waals surface area contributed by atoms with Crippen LogP contribution in [0.15, 0.2) is 0 Å². The summed E-state index contributed by atoms with van der Waals surface area (Å²) >= 11 is 0. The minimum atomic E-state index is -0.751. The molecule has 5 heteroatoms. The van der Waals surface area contributed by atoms with Gasteiger partial charge in [-0.2, -0.15) is 0 Å². The lowest BCUT2D eigenvalue weighted by Gasteiger charge is -2.34. The SMILES string of the molecule is CCC1(C)NC(=O)CCN(C2CCC(OC)C2)C1=O. The quantitative estimate of drug-likeness (QED) is 0.833. The summed E-state index contributed by atoms with van der Waals surface area (Å²) in [5.41, 5.74) is -0.751. The molecule has 0 aromatic carbocycles. The Labute approximate surface area is 114 Å². The standard InChI is InChI=1S/C14H24N2O3/c1-4-14(2)13(18)16(8-7-12(17)15-14)10-5-6-11(9-10)19-3/h10-11H,4-9H2,1-3H3,(H,15,17). The molecule has 1 aliphatic heterocycles. The van der Waals surface area contributed by atoms with E-state index in [0.717, 1.165) is 19.3 Å². The van der Waals surface area contributed by atoms with Gasteiger partial charge in [-0.05, 0) is 32.6 Å². The van der Waals surface area contributed by atoms with E-state index in [-0.39, 0.29) is 24.0 Å². The summed E-state index contributed by atoms with van der Waals surface area (Å²) in [5, 5.41) is 2.87. The minimum absolute atomic E-state index is 0.0264. The molecule has 3 atom stereocenters. The Morgan fingerprint density at radius 2 is 2.16 bits per heavy atom. The van der Waals surface area contributed by atoms with Crippen molar-refractivity contribution in [2.45, 2.75) is 63.6 Å². The first kappa shape index (κ1) is 14.3. The number of amides is 2. The van der Waals surface area contributed by atoms with E-state index in [1.54, 1.807) is 7.11 Å². The van der Waals surface area contributed by atoms with Crippen molar-refractivity contribution >= 4 is 11.8 Å². The zero-order valence-electron chi connectivity index (χ0n) is 12.1. The third kappa shape index (κ3) is 2.76. The normalized spacial score (nSPS) is 36.3. The molecule has 2 aliphatic rings. The van der Waals surface area contributed by atoms with E-state index in [1.807, 2.05) is 18.7 Å². The van der Waals surface area contributed by atoms with Gasteiger partial charge in [-0.25, -0.2) is 0 Å². The predicted octanol–water partition coefficient (Wildman–Crippen LogP) is 1.07. The number of carbonyl (C=O) groups is 2. The smallest absolute Gasteiger partial charge is 0.248 e. The molecule has 5 nitrogen and oxygen atoms in total. The highest BCUT2D eigenvalue weighted by Gasteiger charge is 2.43. The molecule has 0 aromatic rings. The van der Waals surface area contributed by atoms with Crippen LogP contribution in [-0.2, 0) is 14.3 Å². The number of carbonyl (C=O) groups excluding carboxylic acids is 2. The Balaban J connectivity index is 2.15. The van der Waals surface area contributed by atoms with Crippen LogP contribution < -0.4 is 5.32 Å². The van der Waals surface area contributed by atoms with E-state index in [1.165, 1.54) is 0 Å². The van der Waals surface area contributed by atoms with Crippen LogP contribution in [0.2, 0.25) is 0 Å². The molecule has 1 saturated heterocycles. The van der Waals surface area contributed by atoms with Crippen LogP contribution in [0.1, 0.15) is 46.0 Å². The molecule has 1 saturated carbocycles. The number of rotatable bonds is 3. The molecule has 0 aromatic heterocycles. The van der Waals surface area contributed by atoms with Crippen molar-refractivity contribution < 1.29 is 14.3 Å². The van der Waals surface area contributed by atoms with Gasteiger partial charge in [-0.3, -0.25) is 9.59 Å². The molecule has 0 radical (unpaired) electrons. The van der Waals surface area contributed by atoms with Crippen LogP contribution in [0.3, 0.4) is 0 Å². The van der Waals surface area contributed by atoms with E-state index in [2.05, 4.69) is 5.32 Å². The van der Waals surface area contributed by atoms with Crippen LogP contribution in [-0.4, -0.2) is 48.1 Å². The average Bonchev–Trinajstić information content (AvgIpc) is 2.83. The Morgan fingerprint density at radius 3 is 2.74 bits per heavy atom. The lowest BCUT2D eigenvalue weighted by Crippen LogP contribution is -2.56. The first-order valence-corrected chi connectivity index (χ1v) is 7.15. The van der Waals surface area contributed by atoms with Gasteiger partial charge in [0.1, 0.15) is 5.54 Å². The van der Waals surface area contributed by atoms with Gasteiger partial charge in [0.15, 0.2) is 0 Å². The molecule has 108 valence electrons. The zero-order valence-corrected chi connectivity index (χ0v) is 12.1. The van der Waals surface area contributed by atoms with Crippen LogP contribution in [0.25, 0.3) is 0 Å². The summed E-state index contributed by atoms with van der Waals surface area (Å²) in [5.74, 6) is 0.0316. The molecular weight excluding hydrogens is 244 g/mol. The zero-order chi connectivity index (χ0) is 14.0. The molecular formula is C14H24N2O3. The molecule has 1 heterocycles. The van der Waals surface area contributed by atoms with Crippen molar-refractivity contribution in [3.05, 3.63) is 0 Å². The van der Waals surface area contributed by atoms with Gasteiger partial charge in [0.05, 0.1) is 6.10 Å². The third-order valence-electron chi connectivity index (χ3n) is 4.57. The highest BCUT2D eigenvalue weighted by atomic mass is 16.5. The maximum atomic E-state index is 12.7. The fourth-order valence-corrected chi connectivity index (χ4v) is 3.07. The van der Waals surface area contributed by atoms with E-state index >= 15 is 0 Å². The predicted molar refractivity (Wildman–Crippen MR) is 71.6 cm³/mol. The maximum absolute atomic E-state index is 12.7. The first-order valence-electron chi connectivity index (χ1n) is 7.15. The van der Waals surface area contributed by atoms with Gasteiger partial charge in [0, 0.05) is 26.1 Å². The van der Waals surface area contributed by atoms with Gasteiger partial charge in [-0.15, -0.1) is 0 Å². The molecule has 0 spiro atoms. The second-order valence-electron chi connectivity index (χ2n) is 5.81. The van der Waals surface area contributed by atoms with E-state index in [0.29, 0.717) is 19.4 Å². The number of methoxy groups -OCH3 is 1. The highest BCUT2D eigenvalue weighted by molar-refractivity contribution is 5.93. The molecule has 2 fully saturated rings. The molecule has 1 N–H and O–H groups in total. The molecule has 1 aliphatic carbocycles. The number of hydrogen-bond acceptors (Lipinski definition) is 3. The molecule has 0 bridgehead atoms. The van der Waals surface area contributed by atoms with Crippen molar-refractivity contribution in [1.82, 2.24) is 10.2 Å². The van der Waals surface area contributed by atoms with Gasteiger partial charge in [-0.1, -0.05) is 6.92 Å². The lowest BCUT2D eigenvalue weighted by atomic mass is 9.96. The fourth-order valence-electron chi connectivity index (χ4n) is 3.07. The second kappa shape index (κ2) is 5.49. The highest BCUT2D eigenvalue weighted by Crippen LogP contribution is 2.29. The summed E-state index contributed by atoms with van der Waals surface area (Å²) in [6.07, 6.45) is 4.12. The van der Waals surface area contributed by atoms with Gasteiger partial charge in [0.25, 0.3) is 0 Å². The molecule has 2 rings (SSSR count). The summed E-state index contributed by atoms with van der Waals surface area (Å²) in [6.45, 7) is 4.30. The topological polar surface area (TPSA) is 58.6 Å². The summed E-state index contributed by atoms with van der Waals surface area (Å²) in [7, 11) is 1.72. The van der Waals surface area contributed by atoms with Gasteiger partial charge in [0.2, 0.25) is 11.8 Å². The van der Waals surface area contributed by atoms with E-state index in [4.69, 9.17) is 4.74 Å². The fraction of sp³-hybridized carbons (Fsp3) is 0.857. The van der Waals surface area contributed by atoms with Crippen molar-refractivity contribution in [3.8, 4) is 0 Å². The average molecular weight is 268 g/mol. The Morgan fingerprint density at radius 1 is 1.42 bits per heavy atom. The van der Waals surface area contributed by atoms with Crippen LogP contribution in [0.4, 0.5) is 0 Å². The first-order chi connectivity index (χ1) is 9.00. The lowest BCUT2D eigenvalue weighted by molar-refractivity contribution is -0.140. The maximum Gasteiger partial charge on any atom is 0.248 e. The monoisotopic (exact) mass is 268 g/mol. The Bertz CT molecular complexity index is 372. The summed E-state index contributed by atoms with van der Waals surface area (Å²) < 4.78 is 5.38. The number of nitrogens with one attached hydrogen (secondary N) is 1. The minimum Gasteiger partial charge on any atom is -0.381 e. The van der Waals surface area contributed by atoms with E-state index in [9.17, 15) is 9.59 Å². The van der Waals surface area contributed by atoms with Crippen LogP contribution >= 0.6 is 0 Å². The Kier molecular flexibility index (Phi) is 4.13. The van der Waals surface area contributed by atoms with Crippen molar-refractivity contribution in [1.29, 1.82) is 0 Å². The van der Waals surface area contributed by atoms with Gasteiger partial charge >= 0.3 is 0 Å². The summed E-state index contributed by atoms with van der Waals surface area (Å²) in [4.78, 5) is 26.4. The largest absolute Gasteiger partial charge is 0.381 e. The van der Waals surface area contributed by atoms with Crippen molar-refractivity contribution in [2.24, 2.45) is 0 Å². The third-order valence-corrected chi connectivity index (χ3v) is 4.57. The number of hydrogen-bond donors (Lipinski definition) is 1. The molecule has 3 unspecified atom stereocenters. The molecule has 2 amide bonds. The number of nitrogens with zero attached hydrogens (tertiary/aromatic N) is 1.